The molecule has 0 spiro atoms. The average molecular weight is 439 g/mol. The number of halogens is 1. The van der Waals surface area contributed by atoms with E-state index in [1.54, 1.807) is 10.8 Å². The summed E-state index contributed by atoms with van der Waals surface area (Å²) in [5, 5.41) is 12.1. The molecule has 1 fully saturated rings. The zero-order valence-corrected chi connectivity index (χ0v) is 16.7. The lowest BCUT2D eigenvalue weighted by Crippen LogP contribution is -2.49. The summed E-state index contributed by atoms with van der Waals surface area (Å²) in [6, 6.07) is 17.6. The number of hydrogen-bond donors (Lipinski definition) is 0. The van der Waals surface area contributed by atoms with Crippen LogP contribution in [0.25, 0.3) is 11.8 Å². The van der Waals surface area contributed by atoms with Crippen LogP contribution >= 0.6 is 15.9 Å². The van der Waals surface area contributed by atoms with Crippen LogP contribution in [0.3, 0.4) is 0 Å². The van der Waals surface area contributed by atoms with E-state index in [0.717, 1.165) is 15.7 Å². The first-order chi connectivity index (χ1) is 13.7. The zero-order valence-electron chi connectivity index (χ0n) is 15.1. The Balaban J connectivity index is 1.40. The van der Waals surface area contributed by atoms with Gasteiger partial charge in [-0.1, -0.05) is 57.4 Å². The van der Waals surface area contributed by atoms with Gasteiger partial charge in [0.25, 0.3) is 0 Å². The number of piperazine rings is 1. The summed E-state index contributed by atoms with van der Waals surface area (Å²) in [5.74, 6) is 0.708. The van der Waals surface area contributed by atoms with Crippen molar-refractivity contribution in [2.45, 2.75) is 0 Å². The number of para-hydroxylation sites is 1. The Bertz CT molecular complexity index is 979. The van der Waals surface area contributed by atoms with Crippen LogP contribution in [-0.2, 0) is 4.79 Å². The second-order valence-electron chi connectivity index (χ2n) is 6.39. The fourth-order valence-electron chi connectivity index (χ4n) is 3.12. The van der Waals surface area contributed by atoms with Gasteiger partial charge >= 0.3 is 0 Å². The van der Waals surface area contributed by atoms with E-state index in [4.69, 9.17) is 0 Å². The Morgan fingerprint density at radius 3 is 2.43 bits per heavy atom. The molecule has 0 aliphatic carbocycles. The van der Waals surface area contributed by atoms with Gasteiger partial charge in [-0.3, -0.25) is 4.79 Å². The first-order valence-corrected chi connectivity index (χ1v) is 9.82. The maximum absolute atomic E-state index is 12.5. The number of hydrogen-bond acceptors (Lipinski definition) is 5. The standard InChI is InChI=1S/C20H19BrN6O/c21-18-9-5-4-6-16(18)10-11-19(28)25-12-14-26(15-13-25)20-22-23-24-27(20)17-7-2-1-3-8-17/h1-11H,12-15H2/b11-10+. The van der Waals surface area contributed by atoms with Crippen LogP contribution in [0.4, 0.5) is 5.95 Å². The highest BCUT2D eigenvalue weighted by Gasteiger charge is 2.23. The Morgan fingerprint density at radius 1 is 0.964 bits per heavy atom. The number of carbonyl (C=O) groups excluding carboxylic acids is 1. The second kappa shape index (κ2) is 8.35. The minimum Gasteiger partial charge on any atom is -0.336 e. The van der Waals surface area contributed by atoms with Crippen LogP contribution in [0, 0.1) is 0 Å². The van der Waals surface area contributed by atoms with Crippen molar-refractivity contribution in [3.63, 3.8) is 0 Å². The highest BCUT2D eigenvalue weighted by molar-refractivity contribution is 9.10. The first kappa shape index (κ1) is 18.4. The van der Waals surface area contributed by atoms with Gasteiger partial charge in [-0.25, -0.2) is 0 Å². The minimum atomic E-state index is 0.0121. The van der Waals surface area contributed by atoms with E-state index < -0.39 is 0 Å². The molecular formula is C20H19BrN6O. The van der Waals surface area contributed by atoms with E-state index in [1.165, 1.54) is 0 Å². The topological polar surface area (TPSA) is 67.2 Å². The number of amides is 1. The molecule has 1 aliphatic rings. The maximum atomic E-state index is 12.5. The lowest BCUT2D eigenvalue weighted by atomic mass is 10.2. The third-order valence-electron chi connectivity index (χ3n) is 4.64. The number of carbonyl (C=O) groups is 1. The van der Waals surface area contributed by atoms with Crippen LogP contribution in [0.2, 0.25) is 0 Å². The number of rotatable bonds is 4. The molecule has 7 nitrogen and oxygen atoms in total. The molecule has 2 heterocycles. The number of benzene rings is 2. The molecule has 0 atom stereocenters. The normalized spacial score (nSPS) is 14.6. The lowest BCUT2D eigenvalue weighted by Gasteiger charge is -2.34. The summed E-state index contributed by atoms with van der Waals surface area (Å²) in [6.45, 7) is 2.62. The maximum Gasteiger partial charge on any atom is 0.250 e. The van der Waals surface area contributed by atoms with Crippen molar-refractivity contribution >= 4 is 33.9 Å². The van der Waals surface area contributed by atoms with Crippen molar-refractivity contribution < 1.29 is 4.79 Å². The van der Waals surface area contributed by atoms with Crippen molar-refractivity contribution in [2.75, 3.05) is 31.1 Å². The largest absolute Gasteiger partial charge is 0.336 e. The van der Waals surface area contributed by atoms with Crippen molar-refractivity contribution in [2.24, 2.45) is 0 Å². The van der Waals surface area contributed by atoms with Crippen LogP contribution in [0.15, 0.2) is 65.1 Å². The minimum absolute atomic E-state index is 0.0121. The molecule has 1 aromatic heterocycles. The van der Waals surface area contributed by atoms with Crippen LogP contribution in [-0.4, -0.2) is 57.2 Å². The van der Waals surface area contributed by atoms with Gasteiger partial charge in [0, 0.05) is 36.7 Å². The van der Waals surface area contributed by atoms with Crippen LogP contribution in [0.5, 0.6) is 0 Å². The lowest BCUT2D eigenvalue weighted by molar-refractivity contribution is -0.126. The number of nitrogens with zero attached hydrogens (tertiary/aromatic N) is 6. The summed E-state index contributed by atoms with van der Waals surface area (Å²) in [5.41, 5.74) is 1.90. The summed E-state index contributed by atoms with van der Waals surface area (Å²) in [6.07, 6.45) is 3.47. The van der Waals surface area contributed by atoms with Gasteiger partial charge in [0.05, 0.1) is 5.69 Å². The fourth-order valence-corrected chi connectivity index (χ4v) is 3.54. The Hall–Kier alpha value is -3.00. The fraction of sp³-hybridized carbons (Fsp3) is 0.200. The SMILES string of the molecule is O=C(/C=C/c1ccccc1Br)N1CCN(c2nnnn2-c2ccccc2)CC1. The Kier molecular flexibility index (Phi) is 5.48. The Labute approximate surface area is 171 Å². The summed E-state index contributed by atoms with van der Waals surface area (Å²) in [4.78, 5) is 16.5. The van der Waals surface area contributed by atoms with Crippen molar-refractivity contribution in [1.82, 2.24) is 25.1 Å². The highest BCUT2D eigenvalue weighted by atomic mass is 79.9. The van der Waals surface area contributed by atoms with Gasteiger partial charge in [0.1, 0.15) is 0 Å². The summed E-state index contributed by atoms with van der Waals surface area (Å²) < 4.78 is 2.70. The predicted molar refractivity (Wildman–Crippen MR) is 111 cm³/mol. The molecule has 1 saturated heterocycles. The van der Waals surface area contributed by atoms with E-state index in [9.17, 15) is 4.79 Å². The van der Waals surface area contributed by atoms with E-state index in [-0.39, 0.29) is 5.91 Å². The molecule has 28 heavy (non-hydrogen) atoms. The molecule has 2 aromatic carbocycles. The molecule has 0 N–H and O–H groups in total. The third kappa shape index (κ3) is 3.96. The molecule has 0 bridgehead atoms. The Morgan fingerprint density at radius 2 is 1.68 bits per heavy atom. The molecule has 0 saturated carbocycles. The van der Waals surface area contributed by atoms with Crippen LogP contribution < -0.4 is 4.90 Å². The molecular weight excluding hydrogens is 420 g/mol. The zero-order chi connectivity index (χ0) is 19.3. The molecule has 1 aliphatic heterocycles. The summed E-state index contributed by atoms with van der Waals surface area (Å²) in [7, 11) is 0. The van der Waals surface area contributed by atoms with Crippen LogP contribution in [0.1, 0.15) is 5.56 Å². The molecule has 0 radical (unpaired) electrons. The molecule has 8 heteroatoms. The quantitative estimate of drug-likeness (QED) is 0.585. The monoisotopic (exact) mass is 438 g/mol. The molecule has 4 rings (SSSR count). The van der Waals surface area contributed by atoms with Gasteiger partial charge in [-0.2, -0.15) is 4.68 Å². The van der Waals surface area contributed by atoms with E-state index in [1.807, 2.05) is 65.6 Å². The highest BCUT2D eigenvalue weighted by Crippen LogP contribution is 2.19. The number of aromatic nitrogens is 4. The summed E-state index contributed by atoms with van der Waals surface area (Å²) >= 11 is 3.49. The average Bonchev–Trinajstić information content (AvgIpc) is 3.24. The van der Waals surface area contributed by atoms with Gasteiger partial charge in [-0.05, 0) is 40.3 Å². The third-order valence-corrected chi connectivity index (χ3v) is 5.36. The number of tetrazole rings is 1. The molecule has 3 aromatic rings. The predicted octanol–water partition coefficient (Wildman–Crippen LogP) is 2.79. The van der Waals surface area contributed by atoms with Gasteiger partial charge in [-0.15, -0.1) is 0 Å². The van der Waals surface area contributed by atoms with E-state index in [2.05, 4.69) is 36.4 Å². The van der Waals surface area contributed by atoms with Gasteiger partial charge < -0.3 is 9.80 Å². The van der Waals surface area contributed by atoms with Crippen molar-refractivity contribution in [3.8, 4) is 5.69 Å². The second-order valence-corrected chi connectivity index (χ2v) is 7.25. The first-order valence-electron chi connectivity index (χ1n) is 9.02. The number of anilines is 1. The smallest absolute Gasteiger partial charge is 0.250 e. The van der Waals surface area contributed by atoms with E-state index in [0.29, 0.717) is 32.1 Å². The molecule has 142 valence electrons. The van der Waals surface area contributed by atoms with Gasteiger partial charge in [0.15, 0.2) is 0 Å². The van der Waals surface area contributed by atoms with Crippen molar-refractivity contribution in [3.05, 3.63) is 70.7 Å². The van der Waals surface area contributed by atoms with Gasteiger partial charge in [0.2, 0.25) is 11.9 Å². The molecule has 0 unspecified atom stereocenters. The van der Waals surface area contributed by atoms with Crippen molar-refractivity contribution in [1.29, 1.82) is 0 Å². The molecule has 1 amide bonds. The van der Waals surface area contributed by atoms with E-state index >= 15 is 0 Å².